The van der Waals surface area contributed by atoms with E-state index in [2.05, 4.69) is 31.1 Å². The average Bonchev–Trinajstić information content (AvgIpc) is 3.13. The second-order valence-electron chi connectivity index (χ2n) is 9.21. The molecule has 0 spiro atoms. The Labute approximate surface area is 208 Å². The van der Waals surface area contributed by atoms with Gasteiger partial charge in [-0.1, -0.05) is 0 Å². The van der Waals surface area contributed by atoms with Crippen LogP contribution < -0.4 is 5.32 Å². The highest BCUT2D eigenvalue weighted by molar-refractivity contribution is 9.10. The molecule has 5 rings (SSSR count). The molecule has 4 heterocycles. The standard InChI is InChI=1S/C24H23BrF2N4O4/c25-15-2-1-7-28-17(15)12-30-8-5-24(35,6-9-30)20-16(26)10-13-14(21(20)27)11-31(23(13)34)18-3-4-19(32)29-22(18)33/h1-2,7,10,18,35H,3-6,8-9,11-12H2,(H,29,32,33). The lowest BCUT2D eigenvalue weighted by Gasteiger charge is -2.39. The van der Waals surface area contributed by atoms with E-state index >= 15 is 8.78 Å². The highest BCUT2D eigenvalue weighted by atomic mass is 79.9. The number of pyridine rings is 1. The largest absolute Gasteiger partial charge is 0.385 e. The molecule has 0 radical (unpaired) electrons. The molecule has 0 saturated carbocycles. The van der Waals surface area contributed by atoms with Crippen molar-refractivity contribution >= 4 is 33.7 Å². The van der Waals surface area contributed by atoms with Gasteiger partial charge in [-0.15, -0.1) is 0 Å². The van der Waals surface area contributed by atoms with Gasteiger partial charge in [-0.3, -0.25) is 29.6 Å². The number of hydrogen-bond acceptors (Lipinski definition) is 6. The van der Waals surface area contributed by atoms with Crippen LogP contribution in [0.5, 0.6) is 0 Å². The summed E-state index contributed by atoms with van der Waals surface area (Å²) >= 11 is 3.46. The zero-order chi connectivity index (χ0) is 24.9. The third-order valence-electron chi connectivity index (χ3n) is 7.08. The number of carbonyl (C=O) groups excluding carboxylic acids is 3. The molecular weight excluding hydrogens is 526 g/mol. The molecule has 2 aromatic rings. The fourth-order valence-corrected chi connectivity index (χ4v) is 5.52. The van der Waals surface area contributed by atoms with Crippen molar-refractivity contribution in [3.63, 3.8) is 0 Å². The highest BCUT2D eigenvalue weighted by Crippen LogP contribution is 2.40. The van der Waals surface area contributed by atoms with E-state index in [1.807, 2.05) is 12.1 Å². The molecule has 2 saturated heterocycles. The van der Waals surface area contributed by atoms with E-state index in [1.165, 1.54) is 0 Å². The van der Waals surface area contributed by atoms with Gasteiger partial charge in [0, 0.05) is 42.3 Å². The topological polar surface area (TPSA) is 103 Å². The van der Waals surface area contributed by atoms with E-state index < -0.39 is 46.6 Å². The quantitative estimate of drug-likeness (QED) is 0.568. The zero-order valence-corrected chi connectivity index (χ0v) is 20.3. The summed E-state index contributed by atoms with van der Waals surface area (Å²) in [5, 5.41) is 13.5. The van der Waals surface area contributed by atoms with Gasteiger partial charge in [-0.2, -0.15) is 0 Å². The Kier molecular flexibility index (Phi) is 6.18. The SMILES string of the molecule is O=C1CCC(N2Cc3c(cc(F)c(C4(O)CCN(Cc5ncccc5Br)CC4)c3F)C2=O)C(=O)N1. The summed E-state index contributed by atoms with van der Waals surface area (Å²) in [6.07, 6.45) is 2.08. The number of nitrogens with one attached hydrogen (secondary N) is 1. The molecule has 1 aromatic carbocycles. The van der Waals surface area contributed by atoms with Crippen LogP contribution in [-0.4, -0.2) is 56.7 Å². The first kappa shape index (κ1) is 24.0. The van der Waals surface area contributed by atoms with Gasteiger partial charge in [0.2, 0.25) is 11.8 Å². The monoisotopic (exact) mass is 548 g/mol. The van der Waals surface area contributed by atoms with Gasteiger partial charge in [0.25, 0.3) is 5.91 Å². The van der Waals surface area contributed by atoms with Crippen molar-refractivity contribution in [3.05, 3.63) is 62.9 Å². The number of benzene rings is 1. The maximum absolute atomic E-state index is 15.7. The first-order chi connectivity index (χ1) is 16.7. The molecule has 8 nitrogen and oxygen atoms in total. The predicted octanol–water partition coefficient (Wildman–Crippen LogP) is 2.37. The van der Waals surface area contributed by atoms with Crippen molar-refractivity contribution in [2.75, 3.05) is 13.1 Å². The minimum Gasteiger partial charge on any atom is -0.385 e. The normalized spacial score (nSPS) is 22.3. The van der Waals surface area contributed by atoms with Crippen molar-refractivity contribution in [2.24, 2.45) is 0 Å². The van der Waals surface area contributed by atoms with E-state index in [0.717, 1.165) is 21.1 Å². The molecule has 35 heavy (non-hydrogen) atoms. The Hall–Kier alpha value is -2.76. The molecule has 2 fully saturated rings. The molecule has 0 aliphatic carbocycles. The minimum atomic E-state index is -1.73. The van der Waals surface area contributed by atoms with E-state index in [9.17, 15) is 19.5 Å². The van der Waals surface area contributed by atoms with Crippen molar-refractivity contribution in [2.45, 2.75) is 50.4 Å². The van der Waals surface area contributed by atoms with Gasteiger partial charge in [0.15, 0.2) is 0 Å². The number of halogens is 3. The van der Waals surface area contributed by atoms with Crippen LogP contribution in [0.15, 0.2) is 28.9 Å². The Morgan fingerprint density at radius 1 is 1.23 bits per heavy atom. The molecule has 3 aliphatic heterocycles. The van der Waals surface area contributed by atoms with Crippen LogP contribution in [0, 0.1) is 11.6 Å². The molecule has 2 N–H and O–H groups in total. The van der Waals surface area contributed by atoms with Gasteiger partial charge in [0.05, 0.1) is 29.0 Å². The predicted molar refractivity (Wildman–Crippen MR) is 123 cm³/mol. The van der Waals surface area contributed by atoms with Gasteiger partial charge >= 0.3 is 0 Å². The number of amides is 3. The van der Waals surface area contributed by atoms with Gasteiger partial charge < -0.3 is 10.0 Å². The summed E-state index contributed by atoms with van der Waals surface area (Å²) < 4.78 is 31.7. The van der Waals surface area contributed by atoms with Crippen molar-refractivity contribution in [1.29, 1.82) is 0 Å². The third kappa shape index (κ3) is 4.25. The fraction of sp³-hybridized carbons (Fsp3) is 0.417. The summed E-state index contributed by atoms with van der Waals surface area (Å²) in [6, 6.07) is 3.72. The number of rotatable bonds is 4. The van der Waals surface area contributed by atoms with E-state index in [4.69, 9.17) is 0 Å². The molecule has 1 atom stereocenters. The molecule has 3 amide bonds. The first-order valence-electron chi connectivity index (χ1n) is 11.4. The first-order valence-corrected chi connectivity index (χ1v) is 12.2. The third-order valence-corrected chi connectivity index (χ3v) is 7.80. The summed E-state index contributed by atoms with van der Waals surface area (Å²) in [5.41, 5.74) is -1.53. The fourth-order valence-electron chi connectivity index (χ4n) is 5.14. The number of imide groups is 1. The van der Waals surface area contributed by atoms with E-state index in [0.29, 0.717) is 19.6 Å². The summed E-state index contributed by atoms with van der Waals surface area (Å²) in [4.78, 5) is 44.1. The van der Waals surface area contributed by atoms with Crippen LogP contribution in [-0.2, 0) is 28.3 Å². The summed E-state index contributed by atoms with van der Waals surface area (Å²) in [6.45, 7) is 1.10. The number of piperidine rings is 2. The number of hydrogen-bond donors (Lipinski definition) is 2. The van der Waals surface area contributed by atoms with Gasteiger partial charge in [0.1, 0.15) is 17.7 Å². The number of aromatic nitrogens is 1. The minimum absolute atomic E-state index is 0.0376. The van der Waals surface area contributed by atoms with Crippen LogP contribution in [0.3, 0.4) is 0 Å². The lowest BCUT2D eigenvalue weighted by molar-refractivity contribution is -0.136. The average molecular weight is 549 g/mol. The van der Waals surface area contributed by atoms with Gasteiger partial charge in [-0.25, -0.2) is 8.78 Å². The lowest BCUT2D eigenvalue weighted by Crippen LogP contribution is -2.52. The Bertz CT molecular complexity index is 1230. The van der Waals surface area contributed by atoms with E-state index in [1.54, 1.807) is 6.20 Å². The number of nitrogens with zero attached hydrogens (tertiary/aromatic N) is 3. The van der Waals surface area contributed by atoms with Crippen molar-refractivity contribution in [3.8, 4) is 0 Å². The van der Waals surface area contributed by atoms with Crippen LogP contribution in [0.1, 0.15) is 52.9 Å². The van der Waals surface area contributed by atoms with E-state index in [-0.39, 0.29) is 43.4 Å². The molecule has 0 bridgehead atoms. The summed E-state index contributed by atoms with van der Waals surface area (Å²) in [7, 11) is 0. The zero-order valence-electron chi connectivity index (χ0n) is 18.7. The molecule has 3 aliphatic rings. The molecule has 11 heteroatoms. The maximum Gasteiger partial charge on any atom is 0.255 e. The Morgan fingerprint density at radius 3 is 2.66 bits per heavy atom. The number of fused-ring (bicyclic) bond motifs is 1. The highest BCUT2D eigenvalue weighted by Gasteiger charge is 2.45. The Morgan fingerprint density at radius 2 is 1.97 bits per heavy atom. The smallest absolute Gasteiger partial charge is 0.255 e. The molecule has 184 valence electrons. The number of aliphatic hydroxyl groups is 1. The van der Waals surface area contributed by atoms with Crippen LogP contribution in [0.25, 0.3) is 0 Å². The van der Waals surface area contributed by atoms with Crippen LogP contribution in [0.2, 0.25) is 0 Å². The second-order valence-corrected chi connectivity index (χ2v) is 10.1. The Balaban J connectivity index is 1.36. The van der Waals surface area contributed by atoms with Crippen LogP contribution >= 0.6 is 15.9 Å². The van der Waals surface area contributed by atoms with Gasteiger partial charge in [-0.05, 0) is 53.4 Å². The number of carbonyl (C=O) groups is 3. The second kappa shape index (κ2) is 9.03. The number of likely N-dealkylation sites (tertiary alicyclic amines) is 1. The molecule has 1 aromatic heterocycles. The van der Waals surface area contributed by atoms with Crippen molar-refractivity contribution in [1.82, 2.24) is 20.1 Å². The molecular formula is C24H23BrF2N4O4. The van der Waals surface area contributed by atoms with Crippen molar-refractivity contribution < 1.29 is 28.3 Å². The summed E-state index contributed by atoms with van der Waals surface area (Å²) in [5.74, 6) is -3.66. The lowest BCUT2D eigenvalue weighted by atomic mass is 9.82. The molecule has 1 unspecified atom stereocenters. The van der Waals surface area contributed by atoms with Crippen LogP contribution in [0.4, 0.5) is 8.78 Å². The maximum atomic E-state index is 15.7.